The van der Waals surface area contributed by atoms with Crippen molar-refractivity contribution in [2.45, 2.75) is 0 Å². The quantitative estimate of drug-likeness (QED) is 0.620. The Morgan fingerprint density at radius 1 is 0.960 bits per heavy atom. The van der Waals surface area contributed by atoms with E-state index >= 15 is 0 Å². The Labute approximate surface area is 159 Å². The van der Waals surface area contributed by atoms with Gasteiger partial charge in [0.05, 0.1) is 15.7 Å². The first-order chi connectivity index (χ1) is 12.0. The predicted molar refractivity (Wildman–Crippen MR) is 101 cm³/mol. The molecule has 0 atom stereocenters. The van der Waals surface area contributed by atoms with Crippen LogP contribution >= 0.6 is 34.8 Å². The number of carbonyl (C=O) groups excluding carboxylic acids is 1. The zero-order chi connectivity index (χ0) is 17.8. The average Bonchev–Trinajstić information content (AvgIpc) is 2.61. The van der Waals surface area contributed by atoms with Crippen molar-refractivity contribution in [1.29, 1.82) is 0 Å². The third kappa shape index (κ3) is 4.39. The lowest BCUT2D eigenvalue weighted by Gasteiger charge is -2.09. The summed E-state index contributed by atoms with van der Waals surface area (Å²) >= 11 is 17.9. The van der Waals surface area contributed by atoms with Gasteiger partial charge in [0.15, 0.2) is 0 Å². The maximum absolute atomic E-state index is 12.3. The van der Waals surface area contributed by atoms with Crippen molar-refractivity contribution in [2.75, 3.05) is 10.6 Å². The van der Waals surface area contributed by atoms with Gasteiger partial charge >= 0.3 is 0 Å². The largest absolute Gasteiger partial charge is 0.323 e. The minimum Gasteiger partial charge on any atom is -0.323 e. The van der Waals surface area contributed by atoms with E-state index in [2.05, 4.69) is 20.6 Å². The Morgan fingerprint density at radius 3 is 2.48 bits per heavy atom. The number of aromatic nitrogens is 2. The van der Waals surface area contributed by atoms with Crippen LogP contribution in [0.3, 0.4) is 0 Å². The summed E-state index contributed by atoms with van der Waals surface area (Å²) in [6, 6.07) is 13.4. The number of hydrogen-bond donors (Lipinski definition) is 2. The molecule has 5 nitrogen and oxygen atoms in total. The molecule has 8 heteroatoms. The Bertz CT molecular complexity index is 916. The van der Waals surface area contributed by atoms with E-state index in [9.17, 15) is 4.79 Å². The van der Waals surface area contributed by atoms with Crippen molar-refractivity contribution in [2.24, 2.45) is 0 Å². The van der Waals surface area contributed by atoms with Gasteiger partial charge in [0.1, 0.15) is 5.69 Å². The van der Waals surface area contributed by atoms with Gasteiger partial charge in [-0.1, -0.05) is 40.9 Å². The van der Waals surface area contributed by atoms with E-state index in [1.54, 1.807) is 42.5 Å². The lowest BCUT2D eigenvalue weighted by Crippen LogP contribution is -2.14. The van der Waals surface area contributed by atoms with E-state index in [4.69, 9.17) is 34.8 Å². The molecule has 0 saturated carbocycles. The fourth-order valence-electron chi connectivity index (χ4n) is 1.99. The molecule has 0 aliphatic rings. The SMILES string of the molecule is O=C(Nc1ccc(Cl)cc1)c1ccnc(Nc2cccc(Cl)c2Cl)n1. The maximum Gasteiger partial charge on any atom is 0.274 e. The molecular formula is C17H11Cl3N4O. The van der Waals surface area contributed by atoms with Crippen molar-refractivity contribution < 1.29 is 4.79 Å². The Hall–Kier alpha value is -2.34. The molecule has 0 saturated heterocycles. The van der Waals surface area contributed by atoms with Crippen LogP contribution in [0.1, 0.15) is 10.5 Å². The second-order valence-corrected chi connectivity index (χ2v) is 6.17. The molecule has 0 spiro atoms. The van der Waals surface area contributed by atoms with Gasteiger partial charge in [0, 0.05) is 16.9 Å². The van der Waals surface area contributed by atoms with Gasteiger partial charge in [-0.25, -0.2) is 9.97 Å². The molecule has 1 aromatic heterocycles. The molecule has 0 bridgehead atoms. The highest BCUT2D eigenvalue weighted by molar-refractivity contribution is 6.43. The van der Waals surface area contributed by atoms with Crippen LogP contribution in [-0.2, 0) is 0 Å². The summed E-state index contributed by atoms with van der Waals surface area (Å²) in [5.74, 6) is -0.141. The van der Waals surface area contributed by atoms with Crippen molar-refractivity contribution in [3.8, 4) is 0 Å². The topological polar surface area (TPSA) is 66.9 Å². The van der Waals surface area contributed by atoms with Crippen molar-refractivity contribution in [1.82, 2.24) is 9.97 Å². The number of hydrogen-bond acceptors (Lipinski definition) is 4. The van der Waals surface area contributed by atoms with Gasteiger partial charge in [-0.2, -0.15) is 0 Å². The highest BCUT2D eigenvalue weighted by Crippen LogP contribution is 2.30. The smallest absolute Gasteiger partial charge is 0.274 e. The summed E-state index contributed by atoms with van der Waals surface area (Å²) in [5, 5.41) is 7.02. The van der Waals surface area contributed by atoms with Crippen LogP contribution in [0.4, 0.5) is 17.3 Å². The van der Waals surface area contributed by atoms with Crippen molar-refractivity contribution in [3.05, 3.63) is 75.5 Å². The number of rotatable bonds is 4. The first kappa shape index (κ1) is 17.5. The minimum atomic E-state index is -0.370. The molecule has 0 unspecified atom stereocenters. The monoisotopic (exact) mass is 392 g/mol. The standard InChI is InChI=1S/C17H11Cl3N4O/c18-10-4-6-11(7-5-10)22-16(25)14-8-9-21-17(24-14)23-13-3-1-2-12(19)15(13)20/h1-9H,(H,22,25)(H,21,23,24). The van der Waals surface area contributed by atoms with E-state index < -0.39 is 0 Å². The van der Waals surface area contributed by atoms with E-state index in [1.807, 2.05) is 0 Å². The lowest BCUT2D eigenvalue weighted by molar-refractivity contribution is 0.102. The highest BCUT2D eigenvalue weighted by atomic mass is 35.5. The molecule has 2 N–H and O–H groups in total. The van der Waals surface area contributed by atoms with E-state index in [0.717, 1.165) is 0 Å². The predicted octanol–water partition coefficient (Wildman–Crippen LogP) is 5.43. The van der Waals surface area contributed by atoms with Gasteiger partial charge in [-0.3, -0.25) is 4.79 Å². The number of carbonyl (C=O) groups is 1. The molecule has 1 amide bonds. The lowest BCUT2D eigenvalue weighted by atomic mass is 10.3. The molecule has 25 heavy (non-hydrogen) atoms. The van der Waals surface area contributed by atoms with Gasteiger partial charge in [0.25, 0.3) is 5.91 Å². The minimum absolute atomic E-state index is 0.200. The van der Waals surface area contributed by atoms with E-state index in [-0.39, 0.29) is 17.5 Å². The van der Waals surface area contributed by atoms with Crippen LogP contribution in [-0.4, -0.2) is 15.9 Å². The van der Waals surface area contributed by atoms with Crippen LogP contribution in [0.25, 0.3) is 0 Å². The number of nitrogens with one attached hydrogen (secondary N) is 2. The van der Waals surface area contributed by atoms with Crippen LogP contribution in [0.2, 0.25) is 15.1 Å². The Morgan fingerprint density at radius 2 is 1.72 bits per heavy atom. The number of halogens is 3. The molecule has 3 aromatic rings. The molecule has 3 rings (SSSR count). The van der Waals surface area contributed by atoms with Crippen LogP contribution < -0.4 is 10.6 Å². The molecular weight excluding hydrogens is 383 g/mol. The number of benzene rings is 2. The third-order valence-electron chi connectivity index (χ3n) is 3.19. The second-order valence-electron chi connectivity index (χ2n) is 4.95. The fourth-order valence-corrected chi connectivity index (χ4v) is 2.47. The first-order valence-corrected chi connectivity index (χ1v) is 8.27. The average molecular weight is 394 g/mol. The highest BCUT2D eigenvalue weighted by Gasteiger charge is 2.11. The molecule has 1 heterocycles. The molecule has 126 valence electrons. The zero-order valence-electron chi connectivity index (χ0n) is 12.6. The summed E-state index contributed by atoms with van der Waals surface area (Å²) in [6.45, 7) is 0. The molecule has 0 radical (unpaired) electrons. The first-order valence-electron chi connectivity index (χ1n) is 7.14. The van der Waals surface area contributed by atoms with E-state index in [0.29, 0.717) is 26.4 Å². The number of nitrogens with zero attached hydrogens (tertiary/aromatic N) is 2. The van der Waals surface area contributed by atoms with Gasteiger partial charge in [-0.05, 0) is 42.5 Å². The van der Waals surface area contributed by atoms with Crippen LogP contribution in [0, 0.1) is 0 Å². The fraction of sp³-hybridized carbons (Fsp3) is 0. The summed E-state index contributed by atoms with van der Waals surface area (Å²) in [4.78, 5) is 20.6. The van der Waals surface area contributed by atoms with Crippen LogP contribution in [0.5, 0.6) is 0 Å². The summed E-state index contributed by atoms with van der Waals surface area (Å²) < 4.78 is 0. The number of amides is 1. The second kappa shape index (κ2) is 7.70. The summed E-state index contributed by atoms with van der Waals surface area (Å²) in [7, 11) is 0. The van der Waals surface area contributed by atoms with Crippen molar-refractivity contribution >= 4 is 58.0 Å². The summed E-state index contributed by atoms with van der Waals surface area (Å²) in [5.41, 5.74) is 1.36. The third-order valence-corrected chi connectivity index (χ3v) is 4.26. The van der Waals surface area contributed by atoms with E-state index in [1.165, 1.54) is 12.3 Å². The van der Waals surface area contributed by atoms with Crippen molar-refractivity contribution in [3.63, 3.8) is 0 Å². The van der Waals surface area contributed by atoms with Crippen LogP contribution in [0.15, 0.2) is 54.7 Å². The van der Waals surface area contributed by atoms with Gasteiger partial charge in [-0.15, -0.1) is 0 Å². The Kier molecular flexibility index (Phi) is 5.38. The van der Waals surface area contributed by atoms with Gasteiger partial charge in [0.2, 0.25) is 5.95 Å². The maximum atomic E-state index is 12.3. The van der Waals surface area contributed by atoms with Gasteiger partial charge < -0.3 is 10.6 Å². The number of anilines is 3. The zero-order valence-corrected chi connectivity index (χ0v) is 14.9. The Balaban J connectivity index is 1.77. The molecule has 0 aliphatic carbocycles. The molecule has 2 aromatic carbocycles. The summed E-state index contributed by atoms with van der Waals surface area (Å²) in [6.07, 6.45) is 1.48. The normalized spacial score (nSPS) is 10.4. The molecule has 0 aliphatic heterocycles. The molecule has 0 fully saturated rings.